The topological polar surface area (TPSA) is 103 Å². The zero-order valence-corrected chi connectivity index (χ0v) is 22.0. The number of pyridine rings is 1. The van der Waals surface area contributed by atoms with E-state index in [0.717, 1.165) is 57.7 Å². The van der Waals surface area contributed by atoms with E-state index in [1.807, 2.05) is 30.5 Å². The molecule has 8 nitrogen and oxygen atoms in total. The van der Waals surface area contributed by atoms with Gasteiger partial charge in [0, 0.05) is 38.4 Å². The van der Waals surface area contributed by atoms with E-state index < -0.39 is 24.3 Å². The van der Waals surface area contributed by atoms with Crippen LogP contribution < -0.4 is 0 Å². The van der Waals surface area contributed by atoms with Gasteiger partial charge < -0.3 is 14.9 Å². The molecule has 1 aromatic carbocycles. The number of likely N-dealkylation sites (tertiary alicyclic amines) is 1. The smallest absolute Gasteiger partial charge is 0.475 e. The molecule has 0 aliphatic carbocycles. The molecule has 2 aliphatic rings. The summed E-state index contributed by atoms with van der Waals surface area (Å²) in [6.07, 6.45) is -5.07. The number of hydrogen-bond acceptors (Lipinski definition) is 6. The van der Waals surface area contributed by atoms with Crippen LogP contribution in [0.25, 0.3) is 0 Å². The molecule has 228 valence electrons. The first-order valence-electron chi connectivity index (χ1n) is 12.3. The van der Waals surface area contributed by atoms with Crippen LogP contribution in [0.15, 0.2) is 48.7 Å². The molecule has 15 heteroatoms. The minimum absolute atomic E-state index is 0.0301. The first-order chi connectivity index (χ1) is 19.0. The molecule has 0 amide bonds. The van der Waals surface area contributed by atoms with Crippen LogP contribution >= 0.6 is 0 Å². The second kappa shape index (κ2) is 14.5. The number of hydrogen-bond donors (Lipinski definition) is 2. The molecule has 0 radical (unpaired) electrons. The number of carbonyl (C=O) groups is 2. The number of piperidine rings is 1. The SMILES string of the molecule is CN(Cc1ccccn1)C1COC2(CCN(Cc3ccc(F)cc3)CC2)C1.O=C(O)C(F)(F)F.O=C(O)C(F)(F)F. The Kier molecular flexibility index (Phi) is 12.0. The Bertz CT molecular complexity index is 1080. The fraction of sp³-hybridized carbons (Fsp3) is 0.500. The van der Waals surface area contributed by atoms with Crippen LogP contribution in [0.5, 0.6) is 0 Å². The first kappa shape index (κ1) is 33.9. The standard InChI is InChI=1S/C22H28FN3O.2C2HF3O2/c1-25(16-20-4-2-3-11-24-20)21-14-22(27-17-21)9-12-26(13-10-22)15-18-5-7-19(23)8-6-18;2*3-2(4,5)1(6)7/h2-8,11,21H,9-10,12-17H2,1H3;2*(H,6,7). The maximum atomic E-state index is 13.1. The molecule has 1 spiro atoms. The number of carboxylic acid groups (broad SMARTS) is 2. The van der Waals surface area contributed by atoms with Gasteiger partial charge in [0.15, 0.2) is 0 Å². The Morgan fingerprint density at radius 1 is 1.00 bits per heavy atom. The Hall–Kier alpha value is -3.30. The zero-order chi connectivity index (χ0) is 30.8. The summed E-state index contributed by atoms with van der Waals surface area (Å²) in [5, 5.41) is 14.2. The summed E-state index contributed by atoms with van der Waals surface area (Å²) in [4.78, 5) is 27.1. The predicted molar refractivity (Wildman–Crippen MR) is 131 cm³/mol. The van der Waals surface area contributed by atoms with E-state index in [1.165, 1.54) is 5.56 Å². The molecule has 1 aromatic heterocycles. The molecule has 2 N–H and O–H groups in total. The van der Waals surface area contributed by atoms with E-state index in [2.05, 4.69) is 27.9 Å². The van der Waals surface area contributed by atoms with Crippen molar-refractivity contribution in [3.8, 4) is 0 Å². The molecule has 2 aromatic rings. The second-order valence-corrected chi connectivity index (χ2v) is 9.60. The summed E-state index contributed by atoms with van der Waals surface area (Å²) in [7, 11) is 2.17. The van der Waals surface area contributed by atoms with Gasteiger partial charge in [-0.25, -0.2) is 14.0 Å². The number of nitrogens with zero attached hydrogens (tertiary/aromatic N) is 3. The first-order valence-corrected chi connectivity index (χ1v) is 12.3. The number of ether oxygens (including phenoxy) is 1. The van der Waals surface area contributed by atoms with Gasteiger partial charge in [0.05, 0.1) is 17.9 Å². The molecule has 4 rings (SSSR count). The number of benzene rings is 1. The van der Waals surface area contributed by atoms with Gasteiger partial charge in [-0.1, -0.05) is 18.2 Å². The minimum Gasteiger partial charge on any atom is -0.475 e. The van der Waals surface area contributed by atoms with Crippen LogP contribution in [0.1, 0.15) is 30.5 Å². The fourth-order valence-corrected chi connectivity index (χ4v) is 4.29. The average molecular weight is 598 g/mol. The molecule has 2 fully saturated rings. The average Bonchev–Trinajstić information content (AvgIpc) is 3.31. The number of halogens is 7. The molecule has 1 unspecified atom stereocenters. The highest BCUT2D eigenvalue weighted by Crippen LogP contribution is 2.38. The predicted octanol–water partition coefficient (Wildman–Crippen LogP) is 4.74. The van der Waals surface area contributed by atoms with E-state index in [9.17, 15) is 30.7 Å². The lowest BCUT2D eigenvalue weighted by Crippen LogP contribution is -2.44. The highest BCUT2D eigenvalue weighted by atomic mass is 19.4. The molecule has 0 bridgehead atoms. The van der Waals surface area contributed by atoms with Gasteiger partial charge in [0.1, 0.15) is 5.82 Å². The van der Waals surface area contributed by atoms with Gasteiger partial charge in [-0.3, -0.25) is 14.8 Å². The molecule has 0 saturated carbocycles. The van der Waals surface area contributed by atoms with Crippen molar-refractivity contribution in [1.29, 1.82) is 0 Å². The summed E-state index contributed by atoms with van der Waals surface area (Å²) in [6.45, 7) is 4.63. The summed E-state index contributed by atoms with van der Waals surface area (Å²) in [6, 6.07) is 13.4. The molecule has 2 aliphatic heterocycles. The third-order valence-electron chi connectivity index (χ3n) is 6.52. The summed E-state index contributed by atoms with van der Waals surface area (Å²) >= 11 is 0. The molecule has 3 heterocycles. The third-order valence-corrected chi connectivity index (χ3v) is 6.52. The van der Waals surface area contributed by atoms with Crippen molar-refractivity contribution in [3.05, 3.63) is 65.7 Å². The molecular formula is C26H30F7N3O5. The van der Waals surface area contributed by atoms with Crippen LogP contribution in [0.4, 0.5) is 30.7 Å². The lowest BCUT2D eigenvalue weighted by molar-refractivity contribution is -0.193. The Labute approximate surface area is 231 Å². The van der Waals surface area contributed by atoms with Crippen LogP contribution in [-0.2, 0) is 27.4 Å². The number of carboxylic acids is 2. The highest BCUT2D eigenvalue weighted by Gasteiger charge is 2.44. The van der Waals surface area contributed by atoms with Gasteiger partial charge >= 0.3 is 24.3 Å². The largest absolute Gasteiger partial charge is 0.490 e. The van der Waals surface area contributed by atoms with Gasteiger partial charge in [0.2, 0.25) is 0 Å². The highest BCUT2D eigenvalue weighted by molar-refractivity contribution is 5.73. The molecule has 41 heavy (non-hydrogen) atoms. The minimum atomic E-state index is -5.08. The number of rotatable bonds is 5. The lowest BCUT2D eigenvalue weighted by Gasteiger charge is -2.39. The van der Waals surface area contributed by atoms with Crippen LogP contribution in [0.2, 0.25) is 0 Å². The van der Waals surface area contributed by atoms with Crippen LogP contribution in [0, 0.1) is 5.82 Å². The van der Waals surface area contributed by atoms with Crippen molar-refractivity contribution in [1.82, 2.24) is 14.8 Å². The van der Waals surface area contributed by atoms with Gasteiger partial charge in [-0.2, -0.15) is 26.3 Å². The maximum Gasteiger partial charge on any atom is 0.490 e. The van der Waals surface area contributed by atoms with Crippen molar-refractivity contribution >= 4 is 11.9 Å². The number of likely N-dealkylation sites (N-methyl/N-ethyl adjacent to an activating group) is 1. The van der Waals surface area contributed by atoms with E-state index in [-0.39, 0.29) is 11.4 Å². The second-order valence-electron chi connectivity index (χ2n) is 9.60. The fourth-order valence-electron chi connectivity index (χ4n) is 4.29. The maximum absolute atomic E-state index is 13.1. The summed E-state index contributed by atoms with van der Waals surface area (Å²) < 4.78 is 82.9. The van der Waals surface area contributed by atoms with Gasteiger partial charge in [-0.05, 0) is 56.1 Å². The van der Waals surface area contributed by atoms with Crippen molar-refractivity contribution in [2.24, 2.45) is 0 Å². The molecule has 2 saturated heterocycles. The quantitative estimate of drug-likeness (QED) is 0.477. The van der Waals surface area contributed by atoms with Gasteiger partial charge in [-0.15, -0.1) is 0 Å². The number of aliphatic carboxylic acids is 2. The lowest BCUT2D eigenvalue weighted by atomic mass is 9.87. The normalized spacial score (nSPS) is 18.7. The van der Waals surface area contributed by atoms with Crippen molar-refractivity contribution in [2.45, 2.75) is 56.3 Å². The van der Waals surface area contributed by atoms with E-state index in [0.29, 0.717) is 6.04 Å². The van der Waals surface area contributed by atoms with Crippen LogP contribution in [0.3, 0.4) is 0 Å². The number of alkyl halides is 6. The van der Waals surface area contributed by atoms with Crippen LogP contribution in [-0.4, -0.2) is 87.7 Å². The van der Waals surface area contributed by atoms with Crippen molar-refractivity contribution in [3.63, 3.8) is 0 Å². The Balaban J connectivity index is 0.000000349. The zero-order valence-electron chi connectivity index (χ0n) is 22.0. The van der Waals surface area contributed by atoms with Crippen molar-refractivity contribution in [2.75, 3.05) is 26.7 Å². The molecule has 1 atom stereocenters. The van der Waals surface area contributed by atoms with E-state index in [4.69, 9.17) is 24.5 Å². The van der Waals surface area contributed by atoms with Gasteiger partial charge in [0.25, 0.3) is 0 Å². The van der Waals surface area contributed by atoms with E-state index >= 15 is 0 Å². The number of aromatic nitrogens is 1. The monoisotopic (exact) mass is 597 g/mol. The molecular weight excluding hydrogens is 567 g/mol. The van der Waals surface area contributed by atoms with E-state index in [1.54, 1.807) is 12.1 Å². The Morgan fingerprint density at radius 2 is 1.54 bits per heavy atom. The summed E-state index contributed by atoms with van der Waals surface area (Å²) in [5.74, 6) is -5.68. The Morgan fingerprint density at radius 3 is 2.00 bits per heavy atom. The summed E-state index contributed by atoms with van der Waals surface area (Å²) in [5.41, 5.74) is 2.31. The van der Waals surface area contributed by atoms with Crippen molar-refractivity contribution < 1.29 is 55.3 Å². The third kappa shape index (κ3) is 11.6.